The van der Waals surface area contributed by atoms with E-state index in [1.807, 2.05) is 34.6 Å². The first-order valence-corrected chi connectivity index (χ1v) is 11.2. The Hall–Kier alpha value is 1.29. The molecule has 2 saturated heterocycles. The topological polar surface area (TPSA) is 116 Å². The van der Waals surface area contributed by atoms with Crippen molar-refractivity contribution in [2.75, 3.05) is 6.61 Å². The van der Waals surface area contributed by atoms with Gasteiger partial charge < -0.3 is 38.0 Å². The summed E-state index contributed by atoms with van der Waals surface area (Å²) < 4.78 is 44.8. The summed E-state index contributed by atoms with van der Waals surface area (Å²) in [4.78, 5) is 12.3. The molecule has 0 aromatic rings. The van der Waals surface area contributed by atoms with E-state index in [1.54, 1.807) is 6.92 Å². The first-order chi connectivity index (χ1) is 13.0. The van der Waals surface area contributed by atoms with Crippen molar-refractivity contribution in [3.05, 3.63) is 6.61 Å². The zero-order chi connectivity index (χ0) is 21.1. The van der Waals surface area contributed by atoms with Crippen LogP contribution >= 0.6 is 7.82 Å². The van der Waals surface area contributed by atoms with Gasteiger partial charge in [-0.1, -0.05) is 0 Å². The molecule has 2 fully saturated rings. The minimum absolute atomic E-state index is 0. The maximum Gasteiger partial charge on any atom is 0.237 e. The number of aliphatic hydroxyl groups excluding tert-OH is 1. The number of phosphoric acid groups is 1. The molecule has 178 valence electrons. The van der Waals surface area contributed by atoms with Gasteiger partial charge in [-0.3, -0.25) is 4.57 Å². The van der Waals surface area contributed by atoms with Crippen LogP contribution in [0.3, 0.4) is 0 Å². The van der Waals surface area contributed by atoms with Gasteiger partial charge in [-0.2, -0.15) is 6.61 Å². The van der Waals surface area contributed by atoms with Crippen LogP contribution in [0.15, 0.2) is 0 Å². The van der Waals surface area contributed by atoms with E-state index >= 15 is 0 Å². The van der Waals surface area contributed by atoms with E-state index in [2.05, 4.69) is 0 Å². The number of hydrogen-bond donors (Lipinski definition) is 1. The standard InChI is InChI=1S/C18H34O9P.2W/c1-10(2)22-8-16-18(17(19)13(6)26-16)27-28(20,21)23-9-15-14(24-11(3)4)7-12(5)25-15;;/h9-19H,7-8H2,1-6H3,(H,20,21);;/q-1;;/p-1/t12-,13-,14?,15+,16+,17?,18-;;/m0../s1. The maximum absolute atomic E-state index is 12.3. The van der Waals surface area contributed by atoms with E-state index in [4.69, 9.17) is 28.0 Å². The van der Waals surface area contributed by atoms with Crippen LogP contribution in [0.2, 0.25) is 0 Å². The molecule has 0 aliphatic carbocycles. The molecule has 2 aliphatic heterocycles. The zero-order valence-electron chi connectivity index (χ0n) is 18.2. The van der Waals surface area contributed by atoms with Gasteiger partial charge in [0.25, 0.3) is 0 Å². The summed E-state index contributed by atoms with van der Waals surface area (Å²) in [6.07, 6.45) is -4.02. The van der Waals surface area contributed by atoms with Gasteiger partial charge in [0.15, 0.2) is 0 Å². The number of ether oxygens (including phenoxy) is 4. The van der Waals surface area contributed by atoms with Crippen LogP contribution in [0.5, 0.6) is 0 Å². The Bertz CT molecular complexity index is 540. The van der Waals surface area contributed by atoms with Gasteiger partial charge in [-0.15, -0.1) is 0 Å². The van der Waals surface area contributed by atoms with Crippen LogP contribution in [0, 0.1) is 6.61 Å². The van der Waals surface area contributed by atoms with Crippen LogP contribution in [0.4, 0.5) is 0 Å². The summed E-state index contributed by atoms with van der Waals surface area (Å²) in [5.41, 5.74) is 0. The summed E-state index contributed by atoms with van der Waals surface area (Å²) in [6.45, 7) is 12.2. The molecule has 1 N–H and O–H groups in total. The molecule has 30 heavy (non-hydrogen) atoms. The quantitative estimate of drug-likeness (QED) is 0.260. The first-order valence-electron chi connectivity index (χ1n) is 9.75. The van der Waals surface area contributed by atoms with Crippen molar-refractivity contribution in [3.63, 3.8) is 0 Å². The van der Waals surface area contributed by atoms with Crippen molar-refractivity contribution in [2.45, 2.75) is 103 Å². The van der Waals surface area contributed by atoms with Crippen molar-refractivity contribution < 1.29 is 84.7 Å². The van der Waals surface area contributed by atoms with E-state index in [-0.39, 0.29) is 73.2 Å². The smallest absolute Gasteiger partial charge is 0.237 e. The van der Waals surface area contributed by atoms with Crippen LogP contribution < -0.4 is 4.89 Å². The van der Waals surface area contributed by atoms with Crippen molar-refractivity contribution in [2.24, 2.45) is 0 Å². The zero-order valence-corrected chi connectivity index (χ0v) is 24.9. The normalized spacial score (nSPS) is 35.9. The van der Waals surface area contributed by atoms with Gasteiger partial charge in [-0.25, -0.2) is 0 Å². The Morgan fingerprint density at radius 2 is 1.80 bits per heavy atom. The van der Waals surface area contributed by atoms with E-state index in [0.717, 1.165) is 6.61 Å². The molecule has 2 heterocycles. The fourth-order valence-corrected chi connectivity index (χ4v) is 4.13. The minimum atomic E-state index is -4.76. The molecule has 0 aromatic heterocycles. The summed E-state index contributed by atoms with van der Waals surface area (Å²) in [5, 5.41) is 10.2. The molecule has 0 bridgehead atoms. The minimum Gasteiger partial charge on any atom is -0.758 e. The molecular formula is C18H33O9PW2-2. The van der Waals surface area contributed by atoms with Crippen LogP contribution in [-0.2, 0) is 74.7 Å². The molecular weight excluding hydrogens is 759 g/mol. The van der Waals surface area contributed by atoms with Crippen molar-refractivity contribution in [1.82, 2.24) is 0 Å². The maximum atomic E-state index is 12.3. The average Bonchev–Trinajstić information content (AvgIpc) is 3.04. The SMILES string of the molecule is CC(C)OC[C@H]1O[C@@H](C)C(O)[C@H]1OP(=O)([O-])O[CH-][C@H]1O[C@@H](C)CC1OC(C)C.[W].[W]. The van der Waals surface area contributed by atoms with Crippen molar-refractivity contribution >= 4 is 7.82 Å². The van der Waals surface area contributed by atoms with Crippen LogP contribution in [0.1, 0.15) is 48.0 Å². The summed E-state index contributed by atoms with van der Waals surface area (Å²) in [6, 6.07) is 0. The van der Waals surface area contributed by atoms with E-state index in [1.165, 1.54) is 0 Å². The average molecular weight is 792 g/mol. The second kappa shape index (κ2) is 13.9. The van der Waals surface area contributed by atoms with Gasteiger partial charge in [0.05, 0.1) is 37.1 Å². The molecule has 3 unspecified atom stereocenters. The van der Waals surface area contributed by atoms with Crippen LogP contribution in [0.25, 0.3) is 0 Å². The van der Waals surface area contributed by atoms with Gasteiger partial charge in [0, 0.05) is 42.1 Å². The van der Waals surface area contributed by atoms with Gasteiger partial charge in [0.1, 0.15) is 18.3 Å². The molecule has 12 heteroatoms. The predicted octanol–water partition coefficient (Wildman–Crippen LogP) is 1.56. The second-order valence-electron chi connectivity index (χ2n) is 7.88. The fraction of sp³-hybridized carbons (Fsp3) is 0.944. The molecule has 0 radical (unpaired) electrons. The van der Waals surface area contributed by atoms with E-state index in [9.17, 15) is 14.6 Å². The number of phosphoric ester groups is 1. The van der Waals surface area contributed by atoms with Gasteiger partial charge in [0.2, 0.25) is 7.82 Å². The molecule has 0 saturated carbocycles. The summed E-state index contributed by atoms with van der Waals surface area (Å²) >= 11 is 0. The largest absolute Gasteiger partial charge is 0.758 e. The fourth-order valence-electron chi connectivity index (χ4n) is 3.26. The Morgan fingerprint density at radius 1 is 1.17 bits per heavy atom. The number of hydrogen-bond acceptors (Lipinski definition) is 9. The Morgan fingerprint density at radius 3 is 2.37 bits per heavy atom. The predicted molar refractivity (Wildman–Crippen MR) is 98.3 cm³/mol. The molecule has 0 amide bonds. The number of aliphatic hydroxyl groups is 1. The van der Waals surface area contributed by atoms with Gasteiger partial charge in [-0.05, 0) is 54.1 Å². The number of rotatable bonds is 10. The second-order valence-corrected chi connectivity index (χ2v) is 9.20. The third-order valence-electron chi connectivity index (χ3n) is 4.51. The monoisotopic (exact) mass is 792 g/mol. The molecule has 0 spiro atoms. The van der Waals surface area contributed by atoms with Crippen molar-refractivity contribution in [3.8, 4) is 0 Å². The van der Waals surface area contributed by atoms with Gasteiger partial charge >= 0.3 is 0 Å². The van der Waals surface area contributed by atoms with Crippen molar-refractivity contribution in [1.29, 1.82) is 0 Å². The molecule has 2 aliphatic rings. The molecule has 2 rings (SSSR count). The molecule has 8 atom stereocenters. The summed E-state index contributed by atoms with van der Waals surface area (Å²) in [5.74, 6) is 0. The third kappa shape index (κ3) is 9.65. The van der Waals surface area contributed by atoms with Crippen LogP contribution in [-0.4, -0.2) is 66.6 Å². The molecule has 0 aromatic carbocycles. The van der Waals surface area contributed by atoms with E-state index < -0.39 is 38.3 Å². The molecule has 9 nitrogen and oxygen atoms in total. The summed E-state index contributed by atoms with van der Waals surface area (Å²) in [7, 11) is -4.76. The Kier molecular flexibility index (Phi) is 14.5. The Balaban J connectivity index is 0.00000420. The Labute approximate surface area is 208 Å². The third-order valence-corrected chi connectivity index (χ3v) is 5.39. The van der Waals surface area contributed by atoms with E-state index in [0.29, 0.717) is 6.42 Å². The first kappa shape index (κ1) is 31.3.